The highest BCUT2D eigenvalue weighted by atomic mass is 16.5. The lowest BCUT2D eigenvalue weighted by Gasteiger charge is -2.31. The minimum Gasteiger partial charge on any atom is -0.490 e. The van der Waals surface area contributed by atoms with Crippen LogP contribution < -0.4 is 4.74 Å². The lowest BCUT2D eigenvalue weighted by molar-refractivity contribution is -0.143. The molecule has 0 bridgehead atoms. The average Bonchev–Trinajstić information content (AvgIpc) is 2.60. The van der Waals surface area contributed by atoms with Crippen LogP contribution in [-0.2, 0) is 4.79 Å². The summed E-state index contributed by atoms with van der Waals surface area (Å²) in [7, 11) is 0. The predicted octanol–water partition coefficient (Wildman–Crippen LogP) is 2.38. The summed E-state index contributed by atoms with van der Waals surface area (Å²) in [6.45, 7) is 2.16. The topological polar surface area (TPSA) is 70.0 Å². The zero-order valence-electron chi connectivity index (χ0n) is 13.6. The number of piperidine rings is 1. The molecule has 2 aromatic carbocycles. The van der Waals surface area contributed by atoms with Crippen molar-refractivity contribution in [1.82, 2.24) is 4.90 Å². The monoisotopic (exact) mass is 329 g/mol. The van der Waals surface area contributed by atoms with Gasteiger partial charge in [-0.1, -0.05) is 36.4 Å². The van der Waals surface area contributed by atoms with Crippen LogP contribution in [0.2, 0.25) is 0 Å². The van der Waals surface area contributed by atoms with Gasteiger partial charge in [-0.3, -0.25) is 4.79 Å². The maximum Gasteiger partial charge on any atom is 0.306 e. The molecule has 1 aliphatic rings. The van der Waals surface area contributed by atoms with E-state index in [1.54, 1.807) is 0 Å². The zero-order chi connectivity index (χ0) is 16.9. The van der Waals surface area contributed by atoms with Crippen LogP contribution in [0.25, 0.3) is 10.8 Å². The molecule has 1 fully saturated rings. The van der Waals surface area contributed by atoms with E-state index in [0.29, 0.717) is 32.5 Å². The molecule has 0 amide bonds. The number of β-amino-alcohol motifs (C(OH)–C–C–N with tert-alkyl or cyclic N) is 1. The second-order valence-corrected chi connectivity index (χ2v) is 6.36. The maximum atomic E-state index is 11.0. The zero-order valence-corrected chi connectivity index (χ0v) is 13.6. The highest BCUT2D eigenvalue weighted by Crippen LogP contribution is 2.25. The molecule has 1 atom stereocenters. The first-order valence-corrected chi connectivity index (χ1v) is 8.37. The molecule has 0 aliphatic carbocycles. The largest absolute Gasteiger partial charge is 0.490 e. The van der Waals surface area contributed by atoms with Gasteiger partial charge in [-0.2, -0.15) is 0 Å². The van der Waals surface area contributed by atoms with Gasteiger partial charge in [-0.05, 0) is 37.4 Å². The number of aliphatic hydroxyl groups is 1. The van der Waals surface area contributed by atoms with E-state index in [9.17, 15) is 9.90 Å². The van der Waals surface area contributed by atoms with Crippen molar-refractivity contribution < 1.29 is 19.7 Å². The number of aliphatic carboxylic acids is 1. The molecular weight excluding hydrogens is 306 g/mol. The van der Waals surface area contributed by atoms with Crippen molar-refractivity contribution in [2.45, 2.75) is 18.9 Å². The second-order valence-electron chi connectivity index (χ2n) is 6.36. The van der Waals surface area contributed by atoms with E-state index in [0.717, 1.165) is 16.5 Å². The number of aliphatic hydroxyl groups excluding tert-OH is 1. The van der Waals surface area contributed by atoms with Crippen LogP contribution in [0, 0.1) is 5.92 Å². The van der Waals surface area contributed by atoms with Gasteiger partial charge >= 0.3 is 5.97 Å². The van der Waals surface area contributed by atoms with Gasteiger partial charge in [0.15, 0.2) is 0 Å². The summed E-state index contributed by atoms with van der Waals surface area (Å²) in [6.07, 6.45) is 0.698. The lowest BCUT2D eigenvalue weighted by Crippen LogP contribution is -2.42. The third-order valence-electron chi connectivity index (χ3n) is 4.59. The summed E-state index contributed by atoms with van der Waals surface area (Å²) in [5, 5.41) is 21.4. The molecule has 0 aromatic heterocycles. The maximum absolute atomic E-state index is 11.0. The minimum atomic E-state index is -0.713. The number of fused-ring (bicyclic) bond motifs is 1. The molecule has 24 heavy (non-hydrogen) atoms. The van der Waals surface area contributed by atoms with Crippen molar-refractivity contribution in [2.24, 2.45) is 5.92 Å². The average molecular weight is 329 g/mol. The Morgan fingerprint density at radius 2 is 1.88 bits per heavy atom. The van der Waals surface area contributed by atoms with Gasteiger partial charge in [0.25, 0.3) is 0 Å². The number of carbonyl (C=O) groups is 1. The van der Waals surface area contributed by atoms with Crippen LogP contribution in [0.5, 0.6) is 5.75 Å². The van der Waals surface area contributed by atoms with Crippen LogP contribution >= 0.6 is 0 Å². The molecule has 0 spiro atoms. The Bertz CT molecular complexity index is 689. The molecule has 5 nitrogen and oxygen atoms in total. The molecule has 1 heterocycles. The second kappa shape index (κ2) is 7.64. The number of carboxylic acid groups (broad SMARTS) is 1. The van der Waals surface area contributed by atoms with Crippen molar-refractivity contribution in [1.29, 1.82) is 0 Å². The van der Waals surface area contributed by atoms with E-state index in [1.807, 2.05) is 42.5 Å². The number of rotatable bonds is 6. The third kappa shape index (κ3) is 4.04. The van der Waals surface area contributed by atoms with E-state index >= 15 is 0 Å². The van der Waals surface area contributed by atoms with Crippen molar-refractivity contribution in [2.75, 3.05) is 26.2 Å². The van der Waals surface area contributed by atoms with Crippen LogP contribution in [0.3, 0.4) is 0 Å². The first-order chi connectivity index (χ1) is 11.6. The number of likely N-dealkylation sites (tertiary alicyclic amines) is 1. The smallest absolute Gasteiger partial charge is 0.306 e. The molecule has 0 saturated carbocycles. The van der Waals surface area contributed by atoms with E-state index < -0.39 is 12.1 Å². The fraction of sp³-hybridized carbons (Fsp3) is 0.421. The number of hydrogen-bond donors (Lipinski definition) is 2. The van der Waals surface area contributed by atoms with Gasteiger partial charge in [0, 0.05) is 11.9 Å². The number of benzene rings is 2. The SMILES string of the molecule is O=C(O)C1CCN(C[C@@H](O)COc2cccc3ccccc23)CC1. The van der Waals surface area contributed by atoms with Crippen LogP contribution in [0.1, 0.15) is 12.8 Å². The summed E-state index contributed by atoms with van der Waals surface area (Å²) in [5.41, 5.74) is 0. The first-order valence-electron chi connectivity index (χ1n) is 8.37. The van der Waals surface area contributed by atoms with Gasteiger partial charge in [0.1, 0.15) is 18.5 Å². The minimum absolute atomic E-state index is 0.229. The molecule has 2 N–H and O–H groups in total. The number of ether oxygens (including phenoxy) is 1. The van der Waals surface area contributed by atoms with Gasteiger partial charge in [0.2, 0.25) is 0 Å². The molecule has 1 saturated heterocycles. The van der Waals surface area contributed by atoms with E-state index in [1.165, 1.54) is 0 Å². The number of hydrogen-bond acceptors (Lipinski definition) is 4. The first kappa shape index (κ1) is 16.7. The van der Waals surface area contributed by atoms with E-state index in [-0.39, 0.29) is 12.5 Å². The molecular formula is C19H23NO4. The van der Waals surface area contributed by atoms with Crippen molar-refractivity contribution in [3.05, 3.63) is 42.5 Å². The highest BCUT2D eigenvalue weighted by Gasteiger charge is 2.25. The fourth-order valence-corrected chi connectivity index (χ4v) is 3.22. The van der Waals surface area contributed by atoms with Crippen LogP contribution in [0.4, 0.5) is 0 Å². The quantitative estimate of drug-likeness (QED) is 0.851. The van der Waals surface area contributed by atoms with E-state index in [2.05, 4.69) is 4.90 Å². The molecule has 0 unspecified atom stereocenters. The lowest BCUT2D eigenvalue weighted by atomic mass is 9.97. The molecule has 5 heteroatoms. The van der Waals surface area contributed by atoms with Crippen molar-refractivity contribution in [3.8, 4) is 5.75 Å². The van der Waals surface area contributed by atoms with Crippen LogP contribution in [0.15, 0.2) is 42.5 Å². The summed E-state index contributed by atoms with van der Waals surface area (Å²) in [5.74, 6) is -0.184. The van der Waals surface area contributed by atoms with Gasteiger partial charge in [0.05, 0.1) is 5.92 Å². The predicted molar refractivity (Wildman–Crippen MR) is 92.2 cm³/mol. The Hall–Kier alpha value is -2.11. The summed E-state index contributed by atoms with van der Waals surface area (Å²) < 4.78 is 5.81. The molecule has 1 aliphatic heterocycles. The Morgan fingerprint density at radius 3 is 2.62 bits per heavy atom. The third-order valence-corrected chi connectivity index (χ3v) is 4.59. The van der Waals surface area contributed by atoms with Crippen molar-refractivity contribution in [3.63, 3.8) is 0 Å². The standard InChI is InChI=1S/C19H23NO4/c21-16(12-20-10-8-15(9-11-20)19(22)23)13-24-18-7-3-5-14-4-1-2-6-17(14)18/h1-7,15-16,21H,8-13H2,(H,22,23)/t16-/m1/s1. The van der Waals surface area contributed by atoms with Gasteiger partial charge in [-0.15, -0.1) is 0 Å². The number of nitrogens with zero attached hydrogens (tertiary/aromatic N) is 1. The van der Waals surface area contributed by atoms with Crippen molar-refractivity contribution >= 4 is 16.7 Å². The molecule has 0 radical (unpaired) electrons. The van der Waals surface area contributed by atoms with Gasteiger partial charge < -0.3 is 19.8 Å². The number of carboxylic acids is 1. The Balaban J connectivity index is 1.51. The van der Waals surface area contributed by atoms with Crippen LogP contribution in [-0.4, -0.2) is 53.4 Å². The van der Waals surface area contributed by atoms with E-state index in [4.69, 9.17) is 9.84 Å². The molecule has 2 aromatic rings. The molecule has 128 valence electrons. The Kier molecular flexibility index (Phi) is 5.33. The van der Waals surface area contributed by atoms with Gasteiger partial charge in [-0.25, -0.2) is 0 Å². The highest BCUT2D eigenvalue weighted by molar-refractivity contribution is 5.88. The summed E-state index contributed by atoms with van der Waals surface area (Å²) in [6, 6.07) is 13.9. The molecule has 3 rings (SSSR count). The fourth-order valence-electron chi connectivity index (χ4n) is 3.22. The summed E-state index contributed by atoms with van der Waals surface area (Å²) >= 11 is 0. The Morgan fingerprint density at radius 1 is 1.17 bits per heavy atom. The Labute approximate surface area is 141 Å². The summed E-state index contributed by atoms with van der Waals surface area (Å²) in [4.78, 5) is 13.1. The normalized spacial score (nSPS) is 17.7.